The first-order valence-electron chi connectivity index (χ1n) is 15.0. The van der Waals surface area contributed by atoms with Gasteiger partial charge in [0.25, 0.3) is 10.0 Å². The molecular weight excluding hydrogens is 606 g/mol. The van der Waals surface area contributed by atoms with Crippen molar-refractivity contribution in [2.24, 2.45) is 0 Å². The molecule has 1 N–H and O–H groups in total. The molecule has 0 bridgehead atoms. The largest absolute Gasteiger partial charge is 0.355 e. The Morgan fingerprint density at radius 3 is 2.07 bits per heavy atom. The highest BCUT2D eigenvalue weighted by atomic mass is 35.5. The van der Waals surface area contributed by atoms with Crippen LogP contribution < -0.4 is 9.62 Å². The highest BCUT2D eigenvalue weighted by molar-refractivity contribution is 7.92. The lowest BCUT2D eigenvalue weighted by molar-refractivity contribution is -0.140. The summed E-state index contributed by atoms with van der Waals surface area (Å²) in [7, 11) is -4.17. The first-order valence-corrected chi connectivity index (χ1v) is 16.9. The van der Waals surface area contributed by atoms with Crippen LogP contribution in [-0.2, 0) is 32.6 Å². The van der Waals surface area contributed by atoms with Crippen LogP contribution in [0.5, 0.6) is 0 Å². The fourth-order valence-corrected chi connectivity index (χ4v) is 6.66. The van der Waals surface area contributed by atoms with E-state index in [-0.39, 0.29) is 29.7 Å². The van der Waals surface area contributed by atoms with Gasteiger partial charge in [0.15, 0.2) is 0 Å². The number of carbonyl (C=O) groups excluding carboxylic acids is 2. The highest BCUT2D eigenvalue weighted by Gasteiger charge is 2.34. The molecule has 0 fully saturated rings. The van der Waals surface area contributed by atoms with Gasteiger partial charge in [0.05, 0.1) is 10.6 Å². The van der Waals surface area contributed by atoms with Crippen molar-refractivity contribution in [3.05, 3.63) is 130 Å². The third-order valence-electron chi connectivity index (χ3n) is 7.66. The fourth-order valence-electron chi connectivity index (χ4n) is 5.05. The predicted octanol–water partition coefficient (Wildman–Crippen LogP) is 6.74. The van der Waals surface area contributed by atoms with E-state index in [0.29, 0.717) is 22.8 Å². The van der Waals surface area contributed by atoms with Crippen LogP contribution >= 0.6 is 11.6 Å². The minimum atomic E-state index is -4.17. The number of anilines is 1. The van der Waals surface area contributed by atoms with Crippen molar-refractivity contribution in [2.75, 3.05) is 17.4 Å². The number of sulfonamides is 1. The van der Waals surface area contributed by atoms with Gasteiger partial charge < -0.3 is 10.2 Å². The molecule has 0 spiro atoms. The zero-order valence-electron chi connectivity index (χ0n) is 26.1. The lowest BCUT2D eigenvalue weighted by Crippen LogP contribution is -2.53. The number of carbonyl (C=O) groups is 2. The maximum absolute atomic E-state index is 14.5. The number of halogens is 1. The lowest BCUT2D eigenvalue weighted by Gasteiger charge is -2.34. The van der Waals surface area contributed by atoms with Gasteiger partial charge in [0.2, 0.25) is 11.8 Å². The van der Waals surface area contributed by atoms with Crippen LogP contribution in [-0.4, -0.2) is 44.3 Å². The van der Waals surface area contributed by atoms with E-state index in [9.17, 15) is 18.0 Å². The molecule has 0 aliphatic carbocycles. The quantitative estimate of drug-likeness (QED) is 0.174. The molecule has 4 aromatic rings. The van der Waals surface area contributed by atoms with Gasteiger partial charge in [-0.25, -0.2) is 8.42 Å². The van der Waals surface area contributed by atoms with E-state index in [1.807, 2.05) is 62.4 Å². The number of benzene rings is 4. The second kappa shape index (κ2) is 15.2. The molecule has 0 saturated carbocycles. The van der Waals surface area contributed by atoms with Gasteiger partial charge in [-0.2, -0.15) is 0 Å². The minimum Gasteiger partial charge on any atom is -0.355 e. The molecule has 2 amide bonds. The lowest BCUT2D eigenvalue weighted by atomic mass is 10.0. The number of aryl methyl sites for hydroxylation is 1. The summed E-state index contributed by atoms with van der Waals surface area (Å²) in [4.78, 5) is 29.6. The molecule has 7 nitrogen and oxygen atoms in total. The van der Waals surface area contributed by atoms with E-state index in [0.717, 1.165) is 21.0 Å². The molecule has 4 aromatic carbocycles. The first kappa shape index (κ1) is 33.7. The Kier molecular flexibility index (Phi) is 11.4. The van der Waals surface area contributed by atoms with Gasteiger partial charge >= 0.3 is 0 Å². The van der Waals surface area contributed by atoms with Crippen LogP contribution in [0.25, 0.3) is 0 Å². The van der Waals surface area contributed by atoms with Crippen molar-refractivity contribution < 1.29 is 18.0 Å². The average Bonchev–Trinajstić information content (AvgIpc) is 3.03. The second-order valence-electron chi connectivity index (χ2n) is 11.3. The SMILES string of the molecule is CCNC(=O)[C@@H](Cc1ccccc1)N(Cc1ccccc1Cl)C(=O)CN(c1ccc(C(C)C)cc1)S(=O)(=O)c1ccc(C)cc1. The van der Waals surface area contributed by atoms with E-state index < -0.39 is 28.5 Å². The predicted molar refractivity (Wildman–Crippen MR) is 181 cm³/mol. The molecule has 236 valence electrons. The number of hydrogen-bond acceptors (Lipinski definition) is 4. The van der Waals surface area contributed by atoms with Crippen LogP contribution in [0.2, 0.25) is 5.02 Å². The van der Waals surface area contributed by atoms with E-state index in [1.165, 1.54) is 4.90 Å². The van der Waals surface area contributed by atoms with Crippen molar-refractivity contribution in [3.8, 4) is 0 Å². The van der Waals surface area contributed by atoms with Gasteiger partial charge in [-0.05, 0) is 66.8 Å². The maximum Gasteiger partial charge on any atom is 0.264 e. The smallest absolute Gasteiger partial charge is 0.264 e. The molecular formula is C36H40ClN3O4S. The zero-order chi connectivity index (χ0) is 32.6. The standard InChI is InChI=1S/C36H40ClN3O4S/c1-5-38-36(42)34(23-28-11-7-6-8-12-28)39(24-30-13-9-10-14-33(30)37)35(41)25-40(31-19-17-29(18-20-31)26(2)3)45(43,44)32-21-15-27(4)16-22-32/h6-22,26,34H,5,23-25H2,1-4H3,(H,38,42)/t34-/m1/s1. The summed E-state index contributed by atoms with van der Waals surface area (Å²) in [6.45, 7) is 7.66. The molecule has 0 aromatic heterocycles. The molecule has 45 heavy (non-hydrogen) atoms. The molecule has 0 aliphatic heterocycles. The average molecular weight is 646 g/mol. The van der Waals surface area contributed by atoms with Crippen LogP contribution in [0.15, 0.2) is 108 Å². The summed E-state index contributed by atoms with van der Waals surface area (Å²) in [5, 5.41) is 3.31. The van der Waals surface area contributed by atoms with E-state index in [1.54, 1.807) is 54.6 Å². The summed E-state index contributed by atoms with van der Waals surface area (Å²) in [5.41, 5.74) is 3.80. The molecule has 4 rings (SSSR count). The zero-order valence-corrected chi connectivity index (χ0v) is 27.7. The van der Waals surface area contributed by atoms with Crippen molar-refractivity contribution in [1.29, 1.82) is 0 Å². The Morgan fingerprint density at radius 2 is 1.47 bits per heavy atom. The summed E-state index contributed by atoms with van der Waals surface area (Å²) in [6, 6.07) is 29.3. The van der Waals surface area contributed by atoms with Gasteiger partial charge in [0, 0.05) is 24.5 Å². The van der Waals surface area contributed by atoms with Crippen LogP contribution in [0, 0.1) is 6.92 Å². The van der Waals surface area contributed by atoms with Crippen molar-refractivity contribution >= 4 is 39.1 Å². The Labute approximate surface area is 271 Å². The molecule has 0 heterocycles. The summed E-state index contributed by atoms with van der Waals surface area (Å²) in [6.07, 6.45) is 0.233. The number of hydrogen-bond donors (Lipinski definition) is 1. The van der Waals surface area contributed by atoms with Crippen molar-refractivity contribution in [3.63, 3.8) is 0 Å². The van der Waals surface area contributed by atoms with E-state index in [2.05, 4.69) is 19.2 Å². The molecule has 0 aliphatic rings. The molecule has 1 atom stereocenters. The number of amides is 2. The monoisotopic (exact) mass is 645 g/mol. The van der Waals surface area contributed by atoms with Crippen LogP contribution in [0.4, 0.5) is 5.69 Å². The summed E-state index contributed by atoms with van der Waals surface area (Å²) >= 11 is 6.54. The molecule has 0 unspecified atom stereocenters. The Morgan fingerprint density at radius 1 is 0.844 bits per heavy atom. The molecule has 0 saturated heterocycles. The number of likely N-dealkylation sites (N-methyl/N-ethyl adjacent to an activating group) is 1. The molecule has 9 heteroatoms. The second-order valence-corrected chi connectivity index (χ2v) is 13.6. The van der Waals surface area contributed by atoms with E-state index >= 15 is 0 Å². The van der Waals surface area contributed by atoms with Gasteiger partial charge in [-0.3, -0.25) is 13.9 Å². The summed E-state index contributed by atoms with van der Waals surface area (Å²) in [5.74, 6) is -0.633. The number of nitrogens with one attached hydrogen (secondary N) is 1. The van der Waals surface area contributed by atoms with Crippen LogP contribution in [0.1, 0.15) is 48.9 Å². The molecule has 0 radical (unpaired) electrons. The third-order valence-corrected chi connectivity index (χ3v) is 9.81. The van der Waals surface area contributed by atoms with Crippen LogP contribution in [0.3, 0.4) is 0 Å². The van der Waals surface area contributed by atoms with Crippen molar-refractivity contribution in [2.45, 2.75) is 57.5 Å². The topological polar surface area (TPSA) is 86.8 Å². The first-order chi connectivity index (χ1) is 21.5. The van der Waals surface area contributed by atoms with E-state index in [4.69, 9.17) is 11.6 Å². The number of rotatable bonds is 13. The Hall–Kier alpha value is -4.14. The Bertz CT molecular complexity index is 1690. The van der Waals surface area contributed by atoms with Crippen molar-refractivity contribution in [1.82, 2.24) is 10.2 Å². The third kappa shape index (κ3) is 8.53. The maximum atomic E-state index is 14.5. The van der Waals surface area contributed by atoms with Gasteiger partial charge in [-0.1, -0.05) is 104 Å². The van der Waals surface area contributed by atoms with Gasteiger partial charge in [0.1, 0.15) is 12.6 Å². The summed E-state index contributed by atoms with van der Waals surface area (Å²) < 4.78 is 29.5. The Balaban J connectivity index is 1.81. The minimum absolute atomic E-state index is 0.0118. The highest BCUT2D eigenvalue weighted by Crippen LogP contribution is 2.28. The van der Waals surface area contributed by atoms with Gasteiger partial charge in [-0.15, -0.1) is 0 Å². The fraction of sp³-hybridized carbons (Fsp3) is 0.278. The normalized spacial score (nSPS) is 12.0. The number of nitrogens with zero attached hydrogens (tertiary/aromatic N) is 2.